The number of aryl methyl sites for hydroxylation is 1. The monoisotopic (exact) mass is 430 g/mol. The number of thiazole rings is 1. The van der Waals surface area contributed by atoms with Crippen molar-refractivity contribution in [3.05, 3.63) is 28.8 Å². The lowest BCUT2D eigenvalue weighted by atomic mass is 10.2. The summed E-state index contributed by atoms with van der Waals surface area (Å²) in [6, 6.07) is 5.58. The third-order valence-electron chi connectivity index (χ3n) is 3.74. The summed E-state index contributed by atoms with van der Waals surface area (Å²) in [5, 5.41) is 2.90. The van der Waals surface area contributed by atoms with Crippen LogP contribution in [0.3, 0.4) is 0 Å². The van der Waals surface area contributed by atoms with Crippen molar-refractivity contribution in [3.8, 4) is 0 Å². The van der Waals surface area contributed by atoms with Crippen molar-refractivity contribution in [2.75, 3.05) is 13.2 Å². The van der Waals surface area contributed by atoms with Crippen LogP contribution in [0.2, 0.25) is 0 Å². The van der Waals surface area contributed by atoms with E-state index in [1.807, 2.05) is 25.1 Å². The molecule has 0 aliphatic heterocycles. The van der Waals surface area contributed by atoms with Crippen LogP contribution in [0.4, 0.5) is 0 Å². The molecule has 0 fully saturated rings. The minimum absolute atomic E-state index is 0.0100. The number of hydrogen-bond acceptors (Lipinski definition) is 8. The molecule has 2 aromatic rings. The van der Waals surface area contributed by atoms with Gasteiger partial charge in [0.1, 0.15) is 11.1 Å². The fraction of sp³-hybridized carbons (Fsp3) is 0.471. The molecule has 0 radical (unpaired) electrons. The Bertz CT molecular complexity index is 940. The highest BCUT2D eigenvalue weighted by molar-refractivity contribution is 7.80. The number of ether oxygens (including phenoxy) is 1. The maximum absolute atomic E-state index is 12.0. The average molecular weight is 431 g/mol. The third kappa shape index (κ3) is 6.82. The van der Waals surface area contributed by atoms with E-state index in [9.17, 15) is 18.0 Å². The molecule has 0 saturated carbocycles. The van der Waals surface area contributed by atoms with Crippen molar-refractivity contribution in [1.82, 2.24) is 10.3 Å². The fourth-order valence-corrected chi connectivity index (χ4v) is 4.14. The maximum atomic E-state index is 12.0. The van der Waals surface area contributed by atoms with Gasteiger partial charge in [-0.2, -0.15) is 8.42 Å². The van der Waals surface area contributed by atoms with Crippen LogP contribution in [0.5, 0.6) is 0 Å². The number of para-hydroxylation sites is 1. The highest BCUT2D eigenvalue weighted by atomic mass is 32.3. The molecule has 1 unspecified atom stereocenters. The maximum Gasteiger partial charge on any atom is 0.398 e. The van der Waals surface area contributed by atoms with Crippen LogP contribution in [0.25, 0.3) is 10.2 Å². The van der Waals surface area contributed by atoms with Gasteiger partial charge in [0.05, 0.1) is 23.2 Å². The highest BCUT2D eigenvalue weighted by Crippen LogP contribution is 2.33. The number of carbonyl (C=O) groups is 2. The normalized spacial score (nSPS) is 12.7. The molecule has 154 valence electrons. The van der Waals surface area contributed by atoms with Crippen LogP contribution in [-0.2, 0) is 28.9 Å². The number of amides is 1. The number of rotatable bonds is 10. The quantitative estimate of drug-likeness (QED) is 0.433. The zero-order valence-electron chi connectivity index (χ0n) is 15.5. The first-order chi connectivity index (χ1) is 13.2. The summed E-state index contributed by atoms with van der Waals surface area (Å²) in [4.78, 5) is 27.6. The van der Waals surface area contributed by atoms with Gasteiger partial charge in [-0.1, -0.05) is 12.1 Å². The van der Waals surface area contributed by atoms with Gasteiger partial charge in [-0.15, -0.1) is 11.3 Å². The Balaban J connectivity index is 2.02. The first-order valence-corrected chi connectivity index (χ1v) is 10.8. The van der Waals surface area contributed by atoms with Gasteiger partial charge in [0.15, 0.2) is 0 Å². The van der Waals surface area contributed by atoms with Crippen molar-refractivity contribution >= 4 is 43.8 Å². The second-order valence-electron chi connectivity index (χ2n) is 5.93. The molecule has 0 spiro atoms. The first kappa shape index (κ1) is 22.2. The first-order valence-electron chi connectivity index (χ1n) is 8.63. The number of carbonyl (C=O) groups excluding carboxylic acids is 2. The minimum atomic E-state index is -4.73. The smallest absolute Gasteiger partial charge is 0.398 e. The predicted octanol–water partition coefficient (Wildman–Crippen LogP) is 2.31. The number of aromatic nitrogens is 1. The Kier molecular flexibility index (Phi) is 7.87. The molecule has 0 aliphatic rings. The van der Waals surface area contributed by atoms with E-state index in [0.717, 1.165) is 10.3 Å². The van der Waals surface area contributed by atoms with Crippen LogP contribution in [0, 0.1) is 6.92 Å². The summed E-state index contributed by atoms with van der Waals surface area (Å²) in [6.07, 6.45) is -1.13. The Labute approximate surface area is 167 Å². The summed E-state index contributed by atoms with van der Waals surface area (Å²) >= 11 is 1.23. The lowest BCUT2D eigenvalue weighted by Crippen LogP contribution is -2.27. The number of nitrogens with zero attached hydrogens (tertiary/aromatic N) is 1. The molecule has 1 aromatic carbocycles. The van der Waals surface area contributed by atoms with Crippen molar-refractivity contribution < 1.29 is 31.5 Å². The molecule has 0 aliphatic carbocycles. The molecule has 1 aromatic heterocycles. The molecular weight excluding hydrogens is 408 g/mol. The number of benzene rings is 1. The zero-order valence-corrected chi connectivity index (χ0v) is 17.1. The summed E-state index contributed by atoms with van der Waals surface area (Å²) in [6.45, 7) is 3.95. The Morgan fingerprint density at radius 1 is 1.32 bits per heavy atom. The van der Waals surface area contributed by atoms with E-state index in [-0.39, 0.29) is 38.3 Å². The fourth-order valence-electron chi connectivity index (χ4n) is 2.49. The van der Waals surface area contributed by atoms with Crippen molar-refractivity contribution in [2.45, 2.75) is 39.2 Å². The van der Waals surface area contributed by atoms with Crippen LogP contribution >= 0.6 is 11.3 Å². The minimum Gasteiger partial charge on any atom is -0.466 e. The summed E-state index contributed by atoms with van der Waals surface area (Å²) in [5.74, 6) is -0.800. The largest absolute Gasteiger partial charge is 0.466 e. The Morgan fingerprint density at radius 2 is 2.07 bits per heavy atom. The molecule has 2 rings (SSSR count). The van der Waals surface area contributed by atoms with Crippen LogP contribution in [-0.4, -0.2) is 43.0 Å². The molecule has 1 heterocycles. The number of hydrogen-bond donors (Lipinski definition) is 2. The number of fused-ring (bicyclic) bond motifs is 1. The lowest BCUT2D eigenvalue weighted by molar-refractivity contribution is -0.143. The molecular formula is C17H22N2O7S2. The summed E-state index contributed by atoms with van der Waals surface area (Å²) < 4.78 is 41.8. The molecule has 0 bridgehead atoms. The van der Waals surface area contributed by atoms with E-state index in [0.29, 0.717) is 10.5 Å². The molecule has 28 heavy (non-hydrogen) atoms. The van der Waals surface area contributed by atoms with Gasteiger partial charge in [-0.05, 0) is 31.9 Å². The predicted molar refractivity (Wildman–Crippen MR) is 103 cm³/mol. The van der Waals surface area contributed by atoms with Crippen LogP contribution < -0.4 is 5.32 Å². The van der Waals surface area contributed by atoms with Crippen LogP contribution in [0.1, 0.15) is 42.9 Å². The molecule has 11 heteroatoms. The highest BCUT2D eigenvalue weighted by Gasteiger charge is 2.24. The van der Waals surface area contributed by atoms with Crippen LogP contribution in [0.15, 0.2) is 18.2 Å². The van der Waals surface area contributed by atoms with Gasteiger partial charge in [0.25, 0.3) is 0 Å². The van der Waals surface area contributed by atoms with Gasteiger partial charge in [0, 0.05) is 13.0 Å². The summed E-state index contributed by atoms with van der Waals surface area (Å²) in [5.41, 5.74) is 1.63. The molecule has 1 atom stereocenters. The SMILES string of the molecule is CCOC(=O)CCNC(=O)CCC(OS(=O)(=O)O)c1nc2c(C)cccc2s1. The number of nitrogens with one attached hydrogen (secondary N) is 1. The van der Waals surface area contributed by atoms with Gasteiger partial charge >= 0.3 is 16.4 Å². The molecule has 0 saturated heterocycles. The van der Waals surface area contributed by atoms with Gasteiger partial charge in [-0.3, -0.25) is 14.1 Å². The standard InChI is InChI=1S/C17H22N2O7S2/c1-3-25-15(21)9-10-18-14(20)8-7-12(26-28(22,23)24)17-19-16-11(2)5-4-6-13(16)27-17/h4-6,12H,3,7-10H2,1-2H3,(H,18,20)(H,22,23,24). The van der Waals surface area contributed by atoms with Gasteiger partial charge in [-0.25, -0.2) is 9.17 Å². The second kappa shape index (κ2) is 9.92. The van der Waals surface area contributed by atoms with E-state index in [1.165, 1.54) is 11.3 Å². The van der Waals surface area contributed by atoms with E-state index in [4.69, 9.17) is 13.5 Å². The van der Waals surface area contributed by atoms with Crippen molar-refractivity contribution in [3.63, 3.8) is 0 Å². The lowest BCUT2D eigenvalue weighted by Gasteiger charge is -2.13. The van der Waals surface area contributed by atoms with Gasteiger partial charge < -0.3 is 10.1 Å². The zero-order chi connectivity index (χ0) is 20.7. The molecule has 1 amide bonds. The topological polar surface area (TPSA) is 132 Å². The summed E-state index contributed by atoms with van der Waals surface area (Å²) in [7, 11) is -4.73. The van der Waals surface area contributed by atoms with Crippen molar-refractivity contribution in [2.24, 2.45) is 0 Å². The molecule has 9 nitrogen and oxygen atoms in total. The second-order valence-corrected chi connectivity index (χ2v) is 8.04. The Hall–Kier alpha value is -2.08. The van der Waals surface area contributed by atoms with E-state index in [2.05, 4.69) is 10.3 Å². The van der Waals surface area contributed by atoms with E-state index in [1.54, 1.807) is 6.92 Å². The van der Waals surface area contributed by atoms with Gasteiger partial charge in [0.2, 0.25) is 5.91 Å². The molecule has 2 N–H and O–H groups in total. The number of esters is 1. The third-order valence-corrected chi connectivity index (χ3v) is 5.33. The van der Waals surface area contributed by atoms with E-state index < -0.39 is 22.5 Å². The average Bonchev–Trinajstić information content (AvgIpc) is 3.03. The van der Waals surface area contributed by atoms with E-state index >= 15 is 0 Å². The Morgan fingerprint density at radius 3 is 2.71 bits per heavy atom. The van der Waals surface area contributed by atoms with Crippen molar-refractivity contribution in [1.29, 1.82) is 0 Å².